The van der Waals surface area contributed by atoms with Gasteiger partial charge in [0.25, 0.3) is 0 Å². The number of quaternary nitrogens is 1. The van der Waals surface area contributed by atoms with Crippen LogP contribution in [0.1, 0.15) is 143 Å². The molecule has 0 aliphatic carbocycles. The summed E-state index contributed by atoms with van der Waals surface area (Å²) in [6.07, 6.45) is 23.2. The van der Waals surface area contributed by atoms with Crippen LogP contribution in [0.4, 0.5) is 0 Å². The molecular weight excluding hydrogens is 979 g/mol. The van der Waals surface area contributed by atoms with Gasteiger partial charge in [0.15, 0.2) is 0 Å². The lowest BCUT2D eigenvalue weighted by Gasteiger charge is -2.40. The predicted molar refractivity (Wildman–Crippen MR) is 343 cm³/mol. The van der Waals surface area contributed by atoms with Crippen LogP contribution in [0, 0.1) is 0 Å². The minimum atomic E-state index is 0.967. The fraction of sp³-hybridized carbons (Fsp3) is 0.577. The quantitative estimate of drug-likeness (QED) is 0.0196. The molecule has 0 unspecified atom stereocenters. The van der Waals surface area contributed by atoms with Crippen molar-refractivity contribution in [3.63, 3.8) is 0 Å². The summed E-state index contributed by atoms with van der Waals surface area (Å²) in [6.45, 7) is 26.6. The van der Waals surface area contributed by atoms with Crippen molar-refractivity contribution in [2.24, 2.45) is 0 Å². The molecule has 5 aromatic carbocycles. The average molecular weight is 1090 g/mol. The van der Waals surface area contributed by atoms with Gasteiger partial charge in [-0.05, 0) is 177 Å². The van der Waals surface area contributed by atoms with E-state index in [4.69, 9.17) is 0 Å². The summed E-state index contributed by atoms with van der Waals surface area (Å²) >= 11 is 0. The smallest absolute Gasteiger partial charge is 0.0799 e. The first-order valence-electron chi connectivity index (χ1n) is 32.5. The molecule has 1 aliphatic rings. The lowest BCUT2D eigenvalue weighted by molar-refractivity contribution is -0.929. The summed E-state index contributed by atoms with van der Waals surface area (Å²) in [5.41, 5.74) is 6.91. The molecule has 0 radical (unpaired) electrons. The van der Waals surface area contributed by atoms with Crippen molar-refractivity contribution in [2.75, 3.05) is 118 Å². The molecule has 440 valence electrons. The molecule has 9 heteroatoms. The van der Waals surface area contributed by atoms with Crippen molar-refractivity contribution in [3.8, 4) is 0 Å². The second-order valence-electron chi connectivity index (χ2n) is 23.4. The van der Waals surface area contributed by atoms with E-state index in [-0.39, 0.29) is 0 Å². The van der Waals surface area contributed by atoms with Crippen molar-refractivity contribution in [1.82, 2.24) is 41.3 Å². The van der Waals surface area contributed by atoms with E-state index in [2.05, 4.69) is 193 Å². The van der Waals surface area contributed by atoms with Gasteiger partial charge in [0.1, 0.15) is 0 Å². The fourth-order valence-corrected chi connectivity index (χ4v) is 11.9. The third-order valence-corrected chi connectivity index (χ3v) is 16.7. The Morgan fingerprint density at radius 2 is 0.512 bits per heavy atom. The van der Waals surface area contributed by atoms with Gasteiger partial charge in [-0.1, -0.05) is 171 Å². The van der Waals surface area contributed by atoms with Crippen LogP contribution >= 0.6 is 0 Å². The molecule has 6 rings (SSSR count). The Kier molecular flexibility index (Phi) is 35.2. The fourth-order valence-electron chi connectivity index (χ4n) is 11.9. The van der Waals surface area contributed by atoms with E-state index in [1.54, 1.807) is 0 Å². The number of hydrogen-bond donors (Lipinski definition) is 5. The van der Waals surface area contributed by atoms with E-state index in [0.717, 1.165) is 65.4 Å². The first kappa shape index (κ1) is 64.9. The minimum Gasteiger partial charge on any atom is -0.324 e. The monoisotopic (exact) mass is 1090 g/mol. The van der Waals surface area contributed by atoms with Gasteiger partial charge >= 0.3 is 0 Å². The zero-order chi connectivity index (χ0) is 55.3. The first-order valence-corrected chi connectivity index (χ1v) is 32.5. The summed E-state index contributed by atoms with van der Waals surface area (Å²) in [4.78, 5) is 8.68. The molecule has 0 spiro atoms. The van der Waals surface area contributed by atoms with Crippen LogP contribution in [0.2, 0.25) is 0 Å². The van der Waals surface area contributed by atoms with E-state index in [0.29, 0.717) is 0 Å². The predicted octanol–water partition coefficient (Wildman–Crippen LogP) is 12.7. The highest BCUT2D eigenvalue weighted by atomic mass is 15.4. The standard InChI is InChI=1S/C71H112N9/c1-11-34-67(35-12-1)62-72-44-21-6-26-49-77-52-31-53-78(50-27-7-22-45-73-63-68-36-13-2-14-37-68)56-57-79(51-28-8-23-46-74-64-69-38-15-3-16-39-69)55-33-61-80(60-32-54-77,58-29-9-24-47-75-65-70-40-17-4-18-41-70)59-30-10-25-48-76-66-71-42-19-5-20-43-71/h1-5,11-20,34-43,72-76H,6-10,21-33,44-66H2/q+1. The summed E-state index contributed by atoms with van der Waals surface area (Å²) < 4.78 is 1.31. The van der Waals surface area contributed by atoms with Crippen molar-refractivity contribution < 1.29 is 4.48 Å². The SMILES string of the molecule is c1ccc(CNCCCCCN2CCCN(CCCCCNCc3ccccc3)CCN(CCCCCNCc3ccccc3)CCC[N+](CCCCCNCc3ccccc3)(CCCCCNCc3ccccc3)CCC2)cc1. The van der Waals surface area contributed by atoms with Gasteiger partial charge in [0.2, 0.25) is 0 Å². The molecular formula is C71H112N9+. The number of unbranched alkanes of at least 4 members (excludes halogenated alkanes) is 10. The van der Waals surface area contributed by atoms with E-state index in [1.807, 2.05) is 0 Å². The Bertz CT molecular complexity index is 2090. The maximum atomic E-state index is 3.76. The van der Waals surface area contributed by atoms with Crippen LogP contribution in [0.3, 0.4) is 0 Å². The highest BCUT2D eigenvalue weighted by Gasteiger charge is 2.27. The molecule has 9 nitrogen and oxygen atoms in total. The maximum absolute atomic E-state index is 3.76. The second-order valence-corrected chi connectivity index (χ2v) is 23.4. The van der Waals surface area contributed by atoms with E-state index < -0.39 is 0 Å². The zero-order valence-electron chi connectivity index (χ0n) is 50.2. The van der Waals surface area contributed by atoms with E-state index in [1.165, 1.54) is 233 Å². The van der Waals surface area contributed by atoms with E-state index >= 15 is 0 Å². The molecule has 0 amide bonds. The van der Waals surface area contributed by atoms with Crippen LogP contribution < -0.4 is 26.6 Å². The van der Waals surface area contributed by atoms with Crippen molar-refractivity contribution >= 4 is 0 Å². The molecule has 1 fully saturated rings. The number of nitrogens with zero attached hydrogens (tertiary/aromatic N) is 4. The molecule has 0 atom stereocenters. The van der Waals surface area contributed by atoms with Gasteiger partial charge in [-0.15, -0.1) is 0 Å². The number of benzene rings is 5. The van der Waals surface area contributed by atoms with Crippen LogP contribution in [0.15, 0.2) is 152 Å². The van der Waals surface area contributed by atoms with Crippen molar-refractivity contribution in [2.45, 2.75) is 148 Å². The third kappa shape index (κ3) is 30.7. The Morgan fingerprint density at radius 3 is 0.800 bits per heavy atom. The van der Waals surface area contributed by atoms with Crippen LogP contribution in [0.5, 0.6) is 0 Å². The lowest BCUT2D eigenvalue weighted by Crippen LogP contribution is -2.52. The van der Waals surface area contributed by atoms with Crippen LogP contribution in [-0.4, -0.2) is 137 Å². The Balaban J connectivity index is 1.08. The Labute approximate surface area is 489 Å². The molecule has 5 N–H and O–H groups in total. The Hall–Kier alpha value is -4.26. The summed E-state index contributed by atoms with van der Waals surface area (Å²) in [5, 5.41) is 18.7. The zero-order valence-corrected chi connectivity index (χ0v) is 50.2. The molecule has 0 aromatic heterocycles. The minimum absolute atomic E-state index is 0.967. The van der Waals surface area contributed by atoms with Gasteiger partial charge in [-0.25, -0.2) is 0 Å². The largest absolute Gasteiger partial charge is 0.324 e. The lowest BCUT2D eigenvalue weighted by atomic mass is 10.1. The normalized spacial score (nSPS) is 15.4. The van der Waals surface area contributed by atoms with Crippen LogP contribution in [0.25, 0.3) is 0 Å². The first-order chi connectivity index (χ1) is 39.7. The summed E-state index contributed by atoms with van der Waals surface area (Å²) in [6, 6.07) is 54.5. The summed E-state index contributed by atoms with van der Waals surface area (Å²) in [5.74, 6) is 0. The topological polar surface area (TPSA) is 69.9 Å². The molecule has 0 bridgehead atoms. The molecule has 1 aliphatic heterocycles. The van der Waals surface area contributed by atoms with Crippen molar-refractivity contribution in [1.29, 1.82) is 0 Å². The molecule has 0 saturated carbocycles. The van der Waals surface area contributed by atoms with Gasteiger partial charge in [-0.3, -0.25) is 0 Å². The van der Waals surface area contributed by atoms with Gasteiger partial charge in [0.05, 0.1) is 26.2 Å². The number of rotatable bonds is 40. The maximum Gasteiger partial charge on any atom is 0.0799 e. The summed E-state index contributed by atoms with van der Waals surface area (Å²) in [7, 11) is 0. The molecule has 5 aromatic rings. The van der Waals surface area contributed by atoms with Gasteiger partial charge in [0, 0.05) is 71.7 Å². The number of hydrogen-bond acceptors (Lipinski definition) is 8. The molecule has 1 saturated heterocycles. The van der Waals surface area contributed by atoms with Crippen molar-refractivity contribution in [3.05, 3.63) is 179 Å². The average Bonchev–Trinajstić information content (AvgIpc) is 3.50. The highest BCUT2D eigenvalue weighted by Crippen LogP contribution is 2.19. The van der Waals surface area contributed by atoms with E-state index in [9.17, 15) is 0 Å². The number of nitrogens with one attached hydrogen (secondary N) is 5. The third-order valence-electron chi connectivity index (χ3n) is 16.7. The highest BCUT2D eigenvalue weighted by molar-refractivity contribution is 5.17. The molecule has 80 heavy (non-hydrogen) atoms. The van der Waals surface area contributed by atoms with Crippen LogP contribution in [-0.2, 0) is 32.7 Å². The second kappa shape index (κ2) is 43.4. The Morgan fingerprint density at radius 1 is 0.263 bits per heavy atom. The molecule has 1 heterocycles. The van der Waals surface area contributed by atoms with Gasteiger partial charge < -0.3 is 45.8 Å². The van der Waals surface area contributed by atoms with Gasteiger partial charge in [-0.2, -0.15) is 0 Å².